The average molecular weight is 420 g/mol. The first kappa shape index (κ1) is 18.4. The van der Waals surface area contributed by atoms with Crippen LogP contribution in [0.4, 0.5) is 0 Å². The highest BCUT2D eigenvalue weighted by molar-refractivity contribution is 6.02. The predicted octanol–water partition coefficient (Wildman–Crippen LogP) is 1.79. The van der Waals surface area contributed by atoms with Gasteiger partial charge in [0.2, 0.25) is 5.91 Å². The third-order valence-electron chi connectivity index (χ3n) is 6.33. The molecule has 1 unspecified atom stereocenters. The molecule has 3 N–H and O–H groups in total. The average Bonchev–Trinajstić information content (AvgIpc) is 3.56. The second kappa shape index (κ2) is 7.08. The van der Waals surface area contributed by atoms with Crippen LogP contribution < -0.4 is 20.5 Å². The van der Waals surface area contributed by atoms with Gasteiger partial charge in [0, 0.05) is 23.9 Å². The summed E-state index contributed by atoms with van der Waals surface area (Å²) in [5.41, 5.74) is 10.7. The number of rotatable bonds is 5. The Bertz CT molecular complexity index is 1080. The van der Waals surface area contributed by atoms with E-state index < -0.39 is 6.04 Å². The Balaban J connectivity index is 1.37. The highest BCUT2D eigenvalue weighted by atomic mass is 16.6. The van der Waals surface area contributed by atoms with Crippen LogP contribution in [0.15, 0.2) is 58.2 Å². The minimum absolute atomic E-state index is 0.288. The number of nitrogens with one attached hydrogen (secondary N) is 1. The first-order valence-corrected chi connectivity index (χ1v) is 10.7. The summed E-state index contributed by atoms with van der Waals surface area (Å²) in [6.45, 7) is 2.46. The van der Waals surface area contributed by atoms with E-state index in [0.29, 0.717) is 19.8 Å². The summed E-state index contributed by atoms with van der Waals surface area (Å²) >= 11 is 0. The van der Waals surface area contributed by atoms with Crippen LogP contribution in [0.2, 0.25) is 0 Å². The van der Waals surface area contributed by atoms with Crippen LogP contribution in [0.3, 0.4) is 0 Å². The Morgan fingerprint density at radius 2 is 2.06 bits per heavy atom. The summed E-state index contributed by atoms with van der Waals surface area (Å²) in [7, 11) is 0. The predicted molar refractivity (Wildman–Crippen MR) is 113 cm³/mol. The highest BCUT2D eigenvalue weighted by Gasteiger charge is 2.39. The molecule has 0 bridgehead atoms. The van der Waals surface area contributed by atoms with Crippen molar-refractivity contribution < 1.29 is 19.0 Å². The maximum atomic E-state index is 12.0. The Morgan fingerprint density at radius 3 is 2.87 bits per heavy atom. The smallest absolute Gasteiger partial charge is 0.240 e. The van der Waals surface area contributed by atoms with Crippen molar-refractivity contribution in [3.8, 4) is 11.5 Å². The molecule has 1 aromatic carbocycles. The lowest BCUT2D eigenvalue weighted by molar-refractivity contribution is -0.120. The van der Waals surface area contributed by atoms with Crippen molar-refractivity contribution in [3.05, 3.63) is 58.8 Å². The standard InChI is InChI=1S/C23H24N4O4/c24-22(28)20(13-1-2-13)26-17-12-29-11-15-5-6-27-21(15)16(17)10-25-23(27)14-3-4-18-19(9-14)31-8-7-30-18/h3-4,9-10,12-13,20,26H,1-2,5-8,11H2,(H2,24,28). The van der Waals surface area contributed by atoms with Gasteiger partial charge in [-0.25, -0.2) is 4.99 Å². The molecule has 1 amide bonds. The van der Waals surface area contributed by atoms with E-state index >= 15 is 0 Å². The largest absolute Gasteiger partial charge is 0.495 e. The fourth-order valence-corrected chi connectivity index (χ4v) is 4.64. The number of carbonyl (C=O) groups is 1. The van der Waals surface area contributed by atoms with E-state index in [1.54, 1.807) is 6.26 Å². The number of fused-ring (bicyclic) bond motifs is 1. The van der Waals surface area contributed by atoms with Crippen molar-refractivity contribution in [3.63, 3.8) is 0 Å². The minimum Gasteiger partial charge on any atom is -0.495 e. The number of ether oxygens (including phenoxy) is 3. The van der Waals surface area contributed by atoms with Gasteiger partial charge >= 0.3 is 0 Å². The third kappa shape index (κ3) is 3.13. The van der Waals surface area contributed by atoms with Gasteiger partial charge in [-0.1, -0.05) is 0 Å². The Hall–Kier alpha value is -3.42. The van der Waals surface area contributed by atoms with Crippen molar-refractivity contribution in [2.24, 2.45) is 16.6 Å². The van der Waals surface area contributed by atoms with Crippen LogP contribution in [0, 0.1) is 5.92 Å². The van der Waals surface area contributed by atoms with Crippen LogP contribution in [0.1, 0.15) is 24.8 Å². The molecule has 1 atom stereocenters. The van der Waals surface area contributed by atoms with Gasteiger partial charge in [0.05, 0.1) is 11.4 Å². The number of benzene rings is 1. The van der Waals surface area contributed by atoms with Gasteiger partial charge in [-0.3, -0.25) is 4.79 Å². The maximum absolute atomic E-state index is 12.0. The molecule has 1 fully saturated rings. The molecule has 8 nitrogen and oxygen atoms in total. The van der Waals surface area contributed by atoms with E-state index in [9.17, 15) is 4.79 Å². The minimum atomic E-state index is -0.393. The molecule has 0 radical (unpaired) electrons. The van der Waals surface area contributed by atoms with E-state index in [1.807, 2.05) is 24.4 Å². The molecule has 160 valence electrons. The number of amides is 1. The third-order valence-corrected chi connectivity index (χ3v) is 6.33. The fourth-order valence-electron chi connectivity index (χ4n) is 4.64. The van der Waals surface area contributed by atoms with Crippen LogP contribution in [-0.2, 0) is 9.53 Å². The number of primary amides is 1. The Labute approximate surface area is 180 Å². The van der Waals surface area contributed by atoms with Crippen molar-refractivity contribution in [1.29, 1.82) is 0 Å². The van der Waals surface area contributed by atoms with E-state index in [1.165, 1.54) is 5.57 Å². The van der Waals surface area contributed by atoms with Crippen LogP contribution in [-0.4, -0.2) is 49.0 Å². The Morgan fingerprint density at radius 1 is 1.23 bits per heavy atom. The van der Waals surface area contributed by atoms with E-state index in [2.05, 4.69) is 10.2 Å². The SMILES string of the molecule is NC(=O)C(NC1=COCC2=C3C1=CN=C(c1ccc4c(c1)OCCO4)N3CC2)C1CC1. The molecular weight excluding hydrogens is 396 g/mol. The van der Waals surface area contributed by atoms with E-state index in [4.69, 9.17) is 24.9 Å². The summed E-state index contributed by atoms with van der Waals surface area (Å²) in [6.07, 6.45) is 6.49. The Kier molecular flexibility index (Phi) is 4.19. The number of hydrogen-bond acceptors (Lipinski definition) is 7. The number of nitrogens with two attached hydrogens (primary N) is 1. The number of aliphatic imine (C=N–C) groups is 1. The second-order valence-electron chi connectivity index (χ2n) is 8.41. The molecule has 1 saturated carbocycles. The van der Waals surface area contributed by atoms with Gasteiger partial charge in [0.15, 0.2) is 11.5 Å². The molecule has 8 heteroatoms. The zero-order chi connectivity index (χ0) is 20.9. The van der Waals surface area contributed by atoms with Gasteiger partial charge in [0.1, 0.15) is 38.0 Å². The number of carbonyl (C=O) groups excluding carboxylic acids is 1. The zero-order valence-electron chi connectivity index (χ0n) is 17.1. The lowest BCUT2D eigenvalue weighted by atomic mass is 10.0. The van der Waals surface area contributed by atoms with Crippen molar-refractivity contribution in [2.75, 3.05) is 26.4 Å². The van der Waals surface area contributed by atoms with Crippen molar-refractivity contribution >= 4 is 11.7 Å². The van der Waals surface area contributed by atoms with E-state index in [-0.39, 0.29) is 11.8 Å². The van der Waals surface area contributed by atoms with Crippen molar-refractivity contribution in [1.82, 2.24) is 10.2 Å². The van der Waals surface area contributed by atoms with Gasteiger partial charge in [0.25, 0.3) is 0 Å². The summed E-state index contributed by atoms with van der Waals surface area (Å²) < 4.78 is 17.3. The van der Waals surface area contributed by atoms with Crippen LogP contribution >= 0.6 is 0 Å². The first-order chi connectivity index (χ1) is 15.2. The second-order valence-corrected chi connectivity index (χ2v) is 8.41. The molecule has 4 heterocycles. The van der Waals surface area contributed by atoms with E-state index in [0.717, 1.165) is 65.7 Å². The van der Waals surface area contributed by atoms with Crippen LogP contribution in [0.5, 0.6) is 11.5 Å². The monoisotopic (exact) mass is 420 g/mol. The quantitative estimate of drug-likeness (QED) is 0.754. The molecule has 1 aromatic rings. The summed E-state index contributed by atoms with van der Waals surface area (Å²) in [5.74, 6) is 2.34. The first-order valence-electron chi connectivity index (χ1n) is 10.7. The van der Waals surface area contributed by atoms with Crippen LogP contribution in [0.25, 0.3) is 0 Å². The lowest BCUT2D eigenvalue weighted by Crippen LogP contribution is -2.43. The number of nitrogens with zero attached hydrogens (tertiary/aromatic N) is 2. The lowest BCUT2D eigenvalue weighted by Gasteiger charge is -2.31. The summed E-state index contributed by atoms with van der Waals surface area (Å²) in [4.78, 5) is 19.0. The maximum Gasteiger partial charge on any atom is 0.240 e. The fraction of sp³-hybridized carbons (Fsp3) is 0.391. The topological polar surface area (TPSA) is 98.4 Å². The molecular formula is C23H24N4O4. The van der Waals surface area contributed by atoms with Gasteiger partial charge in [-0.15, -0.1) is 0 Å². The van der Waals surface area contributed by atoms with Gasteiger partial charge in [-0.2, -0.15) is 0 Å². The molecule has 31 heavy (non-hydrogen) atoms. The summed E-state index contributed by atoms with van der Waals surface area (Å²) in [6, 6.07) is 5.55. The highest BCUT2D eigenvalue weighted by Crippen LogP contribution is 2.40. The van der Waals surface area contributed by atoms with Gasteiger partial charge in [-0.05, 0) is 49.0 Å². The zero-order valence-corrected chi connectivity index (χ0v) is 17.1. The molecule has 1 aliphatic carbocycles. The van der Waals surface area contributed by atoms with Crippen molar-refractivity contribution in [2.45, 2.75) is 25.3 Å². The molecule has 0 spiro atoms. The summed E-state index contributed by atoms with van der Waals surface area (Å²) in [5, 5.41) is 3.35. The molecule has 4 aliphatic heterocycles. The normalized spacial score (nSPS) is 22.5. The molecule has 5 aliphatic rings. The molecule has 0 saturated heterocycles. The molecule has 6 rings (SSSR count). The van der Waals surface area contributed by atoms with Gasteiger partial charge < -0.3 is 30.2 Å². The molecule has 0 aromatic heterocycles. The number of hydrogen-bond donors (Lipinski definition) is 2. The number of amidine groups is 1.